The number of rotatable bonds is 8. The maximum absolute atomic E-state index is 13.1. The number of benzene rings is 3. The number of ether oxygens (including phenoxy) is 1. The third kappa shape index (κ3) is 7.49. The second-order valence-corrected chi connectivity index (χ2v) is 11.5. The summed E-state index contributed by atoms with van der Waals surface area (Å²) in [5.74, 6) is -0.262. The Balaban J connectivity index is 1.20. The number of hydrogen-bond acceptors (Lipinski definition) is 7. The highest BCUT2D eigenvalue weighted by Gasteiger charge is 2.13. The second-order valence-electron chi connectivity index (χ2n) is 8.95. The molecular weight excluding hydrogens is 514 g/mol. The molecule has 9 heteroatoms. The van der Waals surface area contributed by atoms with Gasteiger partial charge in [0.25, 0.3) is 0 Å². The summed E-state index contributed by atoms with van der Waals surface area (Å²) in [6.45, 7) is 6.68. The number of halogens is 1. The van der Waals surface area contributed by atoms with E-state index in [0.717, 1.165) is 31.7 Å². The van der Waals surface area contributed by atoms with E-state index < -0.39 is 6.09 Å². The van der Waals surface area contributed by atoms with Gasteiger partial charge in [0.15, 0.2) is 0 Å². The molecule has 0 aliphatic heterocycles. The number of nitrogens with zero attached hydrogens (tertiary/aromatic N) is 1. The van der Waals surface area contributed by atoms with E-state index >= 15 is 0 Å². The largest absolute Gasteiger partial charge is 0.444 e. The highest BCUT2D eigenvalue weighted by Crippen LogP contribution is 2.29. The molecule has 0 unspecified atom stereocenters. The Bertz CT molecular complexity index is 1290. The zero-order chi connectivity index (χ0) is 25.5. The van der Waals surface area contributed by atoms with Gasteiger partial charge in [0.2, 0.25) is 0 Å². The topological polar surface area (TPSA) is 63.2 Å². The summed E-state index contributed by atoms with van der Waals surface area (Å²) >= 11 is 4.14. The molecule has 0 aliphatic carbocycles. The molecule has 186 valence electrons. The van der Waals surface area contributed by atoms with Crippen LogP contribution in [0.4, 0.5) is 14.9 Å². The van der Waals surface area contributed by atoms with Gasteiger partial charge in [-0.25, -0.2) is 14.2 Å². The van der Waals surface area contributed by atoms with Crippen LogP contribution in [0.2, 0.25) is 0 Å². The molecule has 1 aromatic heterocycles. The number of carbonyl (C=O) groups is 1. The first-order chi connectivity index (χ1) is 17.3. The van der Waals surface area contributed by atoms with Crippen LogP contribution in [0.5, 0.6) is 0 Å². The molecule has 0 saturated heterocycles. The predicted molar refractivity (Wildman–Crippen MR) is 148 cm³/mol. The van der Waals surface area contributed by atoms with Gasteiger partial charge in [-0.1, -0.05) is 45.0 Å². The lowest BCUT2D eigenvalue weighted by atomic mass is 9.87. The van der Waals surface area contributed by atoms with Crippen molar-refractivity contribution < 1.29 is 13.9 Å². The fourth-order valence-corrected chi connectivity index (χ4v) is 5.22. The smallest absolute Gasteiger partial charge is 0.417 e. The first-order valence-electron chi connectivity index (χ1n) is 11.2. The van der Waals surface area contributed by atoms with Crippen molar-refractivity contribution in [2.75, 3.05) is 4.72 Å². The molecule has 0 radical (unpaired) electrons. The highest BCUT2D eigenvalue weighted by atomic mass is 32.2. The fraction of sp³-hybridized carbons (Fsp3) is 0.185. The summed E-state index contributed by atoms with van der Waals surface area (Å²) in [4.78, 5) is 17.6. The molecule has 0 saturated carbocycles. The van der Waals surface area contributed by atoms with Gasteiger partial charge in [0.1, 0.15) is 22.5 Å². The predicted octanol–water partition coefficient (Wildman–Crippen LogP) is 8.30. The maximum atomic E-state index is 13.1. The van der Waals surface area contributed by atoms with E-state index in [2.05, 4.69) is 47.3 Å². The second kappa shape index (κ2) is 11.8. The van der Waals surface area contributed by atoms with Crippen LogP contribution in [-0.4, -0.2) is 11.1 Å². The van der Waals surface area contributed by atoms with E-state index in [1.54, 1.807) is 12.1 Å². The van der Waals surface area contributed by atoms with Crippen molar-refractivity contribution >= 4 is 47.0 Å². The Morgan fingerprint density at radius 2 is 1.67 bits per heavy atom. The Morgan fingerprint density at radius 3 is 2.33 bits per heavy atom. The minimum atomic E-state index is -0.488. The number of amides is 1. The molecule has 3 aromatic carbocycles. The number of aromatic nitrogens is 1. The molecule has 0 fully saturated rings. The van der Waals surface area contributed by atoms with Gasteiger partial charge in [-0.2, -0.15) is 0 Å². The van der Waals surface area contributed by atoms with Crippen LogP contribution < -0.4 is 9.44 Å². The van der Waals surface area contributed by atoms with E-state index in [0.29, 0.717) is 0 Å². The third-order valence-corrected chi connectivity index (χ3v) is 7.72. The van der Waals surface area contributed by atoms with Crippen LogP contribution in [0.15, 0.2) is 88.1 Å². The van der Waals surface area contributed by atoms with Crippen LogP contribution in [0, 0.1) is 5.82 Å². The van der Waals surface area contributed by atoms with Gasteiger partial charge in [-0.05, 0) is 77.0 Å². The van der Waals surface area contributed by atoms with Crippen molar-refractivity contribution in [3.05, 3.63) is 95.1 Å². The van der Waals surface area contributed by atoms with Crippen molar-refractivity contribution in [2.45, 2.75) is 42.7 Å². The number of thiazole rings is 1. The van der Waals surface area contributed by atoms with Crippen LogP contribution >= 0.6 is 35.2 Å². The third-order valence-electron chi connectivity index (χ3n) is 5.14. The molecule has 0 spiro atoms. The van der Waals surface area contributed by atoms with Crippen LogP contribution in [0.25, 0.3) is 10.6 Å². The van der Waals surface area contributed by atoms with Crippen molar-refractivity contribution in [3.8, 4) is 10.6 Å². The lowest BCUT2D eigenvalue weighted by Gasteiger charge is -2.19. The average molecular weight is 540 g/mol. The van der Waals surface area contributed by atoms with Gasteiger partial charge >= 0.3 is 6.09 Å². The van der Waals surface area contributed by atoms with Crippen LogP contribution in [0.1, 0.15) is 31.9 Å². The summed E-state index contributed by atoms with van der Waals surface area (Å²) in [6, 6.07) is 22.1. The van der Waals surface area contributed by atoms with Crippen LogP contribution in [0.3, 0.4) is 0 Å². The molecule has 4 rings (SSSR count). The summed E-state index contributed by atoms with van der Waals surface area (Å²) in [6.07, 6.45) is -0.488. The molecule has 1 amide bonds. The SMILES string of the molecule is CC(C)(C)c1ccc(SNC(=O)OCc2ccc(NSc3csc(-c4ccc(F)cc4)n3)cc2)cc1. The van der Waals surface area contributed by atoms with Gasteiger partial charge in [0, 0.05) is 33.5 Å². The summed E-state index contributed by atoms with van der Waals surface area (Å²) in [7, 11) is 0. The van der Waals surface area contributed by atoms with Gasteiger partial charge in [-0.3, -0.25) is 4.72 Å². The molecule has 4 aromatic rings. The van der Waals surface area contributed by atoms with Crippen molar-refractivity contribution in [1.29, 1.82) is 0 Å². The average Bonchev–Trinajstić information content (AvgIpc) is 3.35. The summed E-state index contributed by atoms with van der Waals surface area (Å²) in [5, 5.41) is 3.62. The molecule has 2 N–H and O–H groups in total. The van der Waals surface area contributed by atoms with E-state index in [-0.39, 0.29) is 17.8 Å². The van der Waals surface area contributed by atoms with Crippen molar-refractivity contribution in [2.24, 2.45) is 0 Å². The van der Waals surface area contributed by atoms with E-state index in [4.69, 9.17) is 4.74 Å². The number of carbonyl (C=O) groups excluding carboxylic acids is 1. The zero-order valence-electron chi connectivity index (χ0n) is 20.1. The number of hydrogen-bond donors (Lipinski definition) is 2. The molecule has 1 heterocycles. The van der Waals surface area contributed by atoms with E-state index in [1.165, 1.54) is 52.9 Å². The Morgan fingerprint density at radius 1 is 0.972 bits per heavy atom. The normalized spacial score (nSPS) is 11.2. The Labute approximate surface area is 223 Å². The molecule has 36 heavy (non-hydrogen) atoms. The lowest BCUT2D eigenvalue weighted by molar-refractivity contribution is 0.147. The first-order valence-corrected chi connectivity index (χ1v) is 13.7. The highest BCUT2D eigenvalue weighted by molar-refractivity contribution is 8.00. The Hall–Kier alpha value is -3.01. The van der Waals surface area contributed by atoms with Crippen molar-refractivity contribution in [3.63, 3.8) is 0 Å². The van der Waals surface area contributed by atoms with Crippen LogP contribution in [-0.2, 0) is 16.8 Å². The molecular formula is C27H26FN3O2S3. The van der Waals surface area contributed by atoms with Crippen molar-refractivity contribution in [1.82, 2.24) is 9.71 Å². The summed E-state index contributed by atoms with van der Waals surface area (Å²) < 4.78 is 24.4. The molecule has 0 atom stereocenters. The molecule has 0 bridgehead atoms. The zero-order valence-corrected chi connectivity index (χ0v) is 22.5. The first kappa shape index (κ1) is 26.1. The standard InChI is InChI=1S/C27H26FN3O2S3/c1-27(2,3)20-8-14-23(15-9-20)35-31-26(32)33-16-18-4-12-22(13-5-18)30-36-24-17-34-25(29-24)19-6-10-21(28)11-7-19/h4-15,17,30H,16H2,1-3H3,(H,31,32). The monoisotopic (exact) mass is 539 g/mol. The quantitative estimate of drug-likeness (QED) is 0.220. The van der Waals surface area contributed by atoms with E-state index in [9.17, 15) is 9.18 Å². The molecule has 5 nitrogen and oxygen atoms in total. The van der Waals surface area contributed by atoms with Gasteiger partial charge < -0.3 is 9.46 Å². The number of nitrogens with one attached hydrogen (secondary N) is 2. The maximum Gasteiger partial charge on any atom is 0.417 e. The minimum absolute atomic E-state index is 0.0921. The summed E-state index contributed by atoms with van der Waals surface area (Å²) in [5.41, 5.74) is 4.01. The molecule has 0 aliphatic rings. The minimum Gasteiger partial charge on any atom is -0.444 e. The van der Waals surface area contributed by atoms with Gasteiger partial charge in [-0.15, -0.1) is 11.3 Å². The lowest BCUT2D eigenvalue weighted by Crippen LogP contribution is -2.17. The Kier molecular flexibility index (Phi) is 8.56. The van der Waals surface area contributed by atoms with E-state index in [1.807, 2.05) is 41.8 Å². The number of anilines is 1. The fourth-order valence-electron chi connectivity index (χ4n) is 3.11. The van der Waals surface area contributed by atoms with Gasteiger partial charge in [0.05, 0.1) is 0 Å².